The van der Waals surface area contributed by atoms with Crippen LogP contribution in [0.4, 0.5) is 0 Å². The summed E-state index contributed by atoms with van der Waals surface area (Å²) in [6.45, 7) is 2.33. The molecule has 0 saturated heterocycles. The number of benzene rings is 1. The minimum atomic E-state index is -0.524. The summed E-state index contributed by atoms with van der Waals surface area (Å²) >= 11 is 7.10. The first-order valence-corrected chi connectivity index (χ1v) is 9.09. The zero-order valence-corrected chi connectivity index (χ0v) is 15.6. The molecule has 2 aromatic rings. The quantitative estimate of drug-likeness (QED) is 0.420. The molecule has 1 amide bonds. The molecule has 0 aliphatic heterocycles. The van der Waals surface area contributed by atoms with Crippen molar-refractivity contribution in [3.63, 3.8) is 0 Å². The van der Waals surface area contributed by atoms with Gasteiger partial charge in [0, 0.05) is 17.1 Å². The Morgan fingerprint density at radius 3 is 2.73 bits per heavy atom. The van der Waals surface area contributed by atoms with Gasteiger partial charge in [0.2, 0.25) is 0 Å². The van der Waals surface area contributed by atoms with E-state index in [2.05, 4.69) is 21.4 Å². The minimum absolute atomic E-state index is 0.0150. The molecule has 0 bridgehead atoms. The summed E-state index contributed by atoms with van der Waals surface area (Å²) in [6.07, 6.45) is 5.03. The molecule has 0 spiro atoms. The Morgan fingerprint density at radius 1 is 1.35 bits per heavy atom. The number of terminal acetylenes is 1. The van der Waals surface area contributed by atoms with Gasteiger partial charge in [-0.3, -0.25) is 9.59 Å². The van der Waals surface area contributed by atoms with Crippen LogP contribution in [0, 0.1) is 12.3 Å². The highest BCUT2D eigenvalue weighted by Crippen LogP contribution is 2.25. The molecule has 0 aliphatic rings. The second-order valence-corrected chi connectivity index (χ2v) is 6.37. The van der Waals surface area contributed by atoms with E-state index in [4.69, 9.17) is 22.8 Å². The first-order valence-electron chi connectivity index (χ1n) is 7.72. The van der Waals surface area contributed by atoms with E-state index < -0.39 is 11.9 Å². The third-order valence-electron chi connectivity index (χ3n) is 3.21. The van der Waals surface area contributed by atoms with Crippen molar-refractivity contribution >= 4 is 35.2 Å². The number of esters is 1. The van der Waals surface area contributed by atoms with Gasteiger partial charge in [0.25, 0.3) is 5.91 Å². The average molecular weight is 393 g/mol. The largest absolute Gasteiger partial charge is 0.455 e. The lowest BCUT2D eigenvalue weighted by Crippen LogP contribution is -2.29. The van der Waals surface area contributed by atoms with Crippen molar-refractivity contribution in [1.29, 1.82) is 0 Å². The lowest BCUT2D eigenvalue weighted by atomic mass is 10.2. The first kappa shape index (κ1) is 19.8. The molecule has 1 N–H and O–H groups in total. The molecule has 0 atom stereocenters. The van der Waals surface area contributed by atoms with Crippen molar-refractivity contribution in [2.24, 2.45) is 0 Å². The number of hydrogen-bond acceptors (Lipinski definition) is 6. The van der Waals surface area contributed by atoms with Crippen molar-refractivity contribution in [2.75, 3.05) is 18.9 Å². The summed E-state index contributed by atoms with van der Waals surface area (Å²) in [4.78, 5) is 23.1. The maximum absolute atomic E-state index is 11.8. The molecule has 0 unspecified atom stereocenters. The highest BCUT2D eigenvalue weighted by atomic mass is 35.5. The van der Waals surface area contributed by atoms with E-state index in [0.717, 1.165) is 5.56 Å². The fourth-order valence-corrected chi connectivity index (χ4v) is 2.93. The molecule has 136 valence electrons. The molecular formula is C17H17ClN4O3S. The number of amides is 1. The third-order valence-corrected chi connectivity index (χ3v) is 4.40. The smallest absolute Gasteiger partial charge is 0.316 e. The Bertz CT molecular complexity index is 814. The van der Waals surface area contributed by atoms with Crippen molar-refractivity contribution in [3.05, 3.63) is 29.3 Å². The molecule has 0 radical (unpaired) electrons. The maximum Gasteiger partial charge on any atom is 0.316 e. The summed E-state index contributed by atoms with van der Waals surface area (Å²) in [5, 5.41) is 12.0. The van der Waals surface area contributed by atoms with Crippen LogP contribution >= 0.6 is 23.4 Å². The standard InChI is InChI=1S/C17H17ClN4O3S/c1-3-9-19-14(23)10-25-15(24)11-26-17-21-20-16(22(17)4-2)12-5-7-13(18)8-6-12/h1,5-8H,4,9-11H2,2H3,(H,19,23). The normalized spacial score (nSPS) is 10.2. The number of rotatable bonds is 8. The predicted octanol–water partition coefficient (Wildman–Crippen LogP) is 2.00. The van der Waals surface area contributed by atoms with E-state index >= 15 is 0 Å². The molecule has 1 heterocycles. The second kappa shape index (κ2) is 9.85. The molecule has 0 aliphatic carbocycles. The number of thioether (sulfide) groups is 1. The summed E-state index contributed by atoms with van der Waals surface area (Å²) < 4.78 is 6.78. The highest BCUT2D eigenvalue weighted by Gasteiger charge is 2.15. The Labute approximate surface area is 160 Å². The van der Waals surface area contributed by atoms with Crippen LogP contribution in [0.15, 0.2) is 29.4 Å². The van der Waals surface area contributed by atoms with Crippen molar-refractivity contribution in [2.45, 2.75) is 18.6 Å². The molecule has 0 saturated carbocycles. The van der Waals surface area contributed by atoms with Crippen LogP contribution in [0.3, 0.4) is 0 Å². The average Bonchev–Trinajstić information content (AvgIpc) is 3.06. The second-order valence-electron chi connectivity index (χ2n) is 4.99. The van der Waals surface area contributed by atoms with Crippen molar-refractivity contribution in [1.82, 2.24) is 20.1 Å². The predicted molar refractivity (Wildman–Crippen MR) is 99.7 cm³/mol. The summed E-state index contributed by atoms with van der Waals surface area (Å²) in [5.41, 5.74) is 0.878. The van der Waals surface area contributed by atoms with Gasteiger partial charge in [0.15, 0.2) is 17.6 Å². The number of carbonyl (C=O) groups excluding carboxylic acids is 2. The van der Waals surface area contributed by atoms with E-state index in [-0.39, 0.29) is 18.9 Å². The molecular weight excluding hydrogens is 376 g/mol. The molecule has 1 aromatic carbocycles. The molecule has 1 aromatic heterocycles. The number of hydrogen-bond donors (Lipinski definition) is 1. The van der Waals surface area contributed by atoms with Crippen LogP contribution in [0.2, 0.25) is 5.02 Å². The Hall–Kier alpha value is -2.50. The van der Waals surface area contributed by atoms with Gasteiger partial charge in [-0.2, -0.15) is 0 Å². The zero-order chi connectivity index (χ0) is 18.9. The van der Waals surface area contributed by atoms with Crippen LogP contribution in [0.5, 0.6) is 0 Å². The van der Waals surface area contributed by atoms with Crippen molar-refractivity contribution in [3.8, 4) is 23.7 Å². The zero-order valence-electron chi connectivity index (χ0n) is 14.1. The topological polar surface area (TPSA) is 86.1 Å². The van der Waals surface area contributed by atoms with Gasteiger partial charge in [-0.15, -0.1) is 16.6 Å². The number of nitrogens with one attached hydrogen (secondary N) is 1. The number of ether oxygens (including phenoxy) is 1. The lowest BCUT2D eigenvalue weighted by Gasteiger charge is -2.07. The van der Waals surface area contributed by atoms with Crippen LogP contribution < -0.4 is 5.32 Å². The van der Waals surface area contributed by atoms with E-state index in [1.807, 2.05) is 23.6 Å². The Kier molecular flexibility index (Phi) is 7.51. The van der Waals surface area contributed by atoms with Gasteiger partial charge in [0.1, 0.15) is 0 Å². The number of carbonyl (C=O) groups is 2. The summed E-state index contributed by atoms with van der Waals surface area (Å²) in [7, 11) is 0. The number of nitrogens with zero attached hydrogens (tertiary/aromatic N) is 3. The van der Waals surface area contributed by atoms with Crippen LogP contribution in [0.1, 0.15) is 6.92 Å². The van der Waals surface area contributed by atoms with E-state index in [9.17, 15) is 9.59 Å². The molecule has 7 nitrogen and oxygen atoms in total. The van der Waals surface area contributed by atoms with Gasteiger partial charge < -0.3 is 14.6 Å². The molecule has 26 heavy (non-hydrogen) atoms. The van der Waals surface area contributed by atoms with E-state index in [1.54, 1.807) is 12.1 Å². The van der Waals surface area contributed by atoms with Gasteiger partial charge in [0.05, 0.1) is 12.3 Å². The van der Waals surface area contributed by atoms with Gasteiger partial charge in [-0.25, -0.2) is 0 Å². The van der Waals surface area contributed by atoms with Gasteiger partial charge >= 0.3 is 5.97 Å². The molecule has 0 fully saturated rings. The third kappa shape index (κ3) is 5.51. The minimum Gasteiger partial charge on any atom is -0.455 e. The summed E-state index contributed by atoms with van der Waals surface area (Å²) in [6, 6.07) is 7.27. The van der Waals surface area contributed by atoms with Gasteiger partial charge in [-0.05, 0) is 31.2 Å². The molecule has 9 heteroatoms. The monoisotopic (exact) mass is 392 g/mol. The van der Waals surface area contributed by atoms with Crippen LogP contribution in [0.25, 0.3) is 11.4 Å². The van der Waals surface area contributed by atoms with E-state index in [1.165, 1.54) is 11.8 Å². The fraction of sp³-hybridized carbons (Fsp3) is 0.294. The first-order chi connectivity index (χ1) is 12.5. The van der Waals surface area contributed by atoms with Crippen molar-refractivity contribution < 1.29 is 14.3 Å². The fourth-order valence-electron chi connectivity index (χ4n) is 2.00. The SMILES string of the molecule is C#CCNC(=O)COC(=O)CSc1nnc(-c2ccc(Cl)cc2)n1CC. The lowest BCUT2D eigenvalue weighted by molar-refractivity contribution is -0.145. The van der Waals surface area contributed by atoms with E-state index in [0.29, 0.717) is 22.5 Å². The summed E-state index contributed by atoms with van der Waals surface area (Å²) in [5.74, 6) is 2.00. The highest BCUT2D eigenvalue weighted by molar-refractivity contribution is 7.99. The van der Waals surface area contributed by atoms with Crippen LogP contribution in [-0.2, 0) is 20.9 Å². The Balaban J connectivity index is 1.94. The Morgan fingerprint density at radius 2 is 2.08 bits per heavy atom. The van der Waals surface area contributed by atoms with Crippen LogP contribution in [-0.4, -0.2) is 45.5 Å². The molecule has 2 rings (SSSR count). The maximum atomic E-state index is 11.8. The number of aromatic nitrogens is 3. The number of halogens is 1. The van der Waals surface area contributed by atoms with Gasteiger partial charge in [-0.1, -0.05) is 29.3 Å².